The van der Waals surface area contributed by atoms with Gasteiger partial charge in [-0.2, -0.15) is 0 Å². The Morgan fingerprint density at radius 1 is 0.679 bits per heavy atom. The summed E-state index contributed by atoms with van der Waals surface area (Å²) in [5, 5.41) is 0. The lowest BCUT2D eigenvalue weighted by molar-refractivity contribution is -0.661. The maximum Gasteiger partial charge on any atom is 0.289 e. The van der Waals surface area contributed by atoms with Gasteiger partial charge in [0, 0.05) is 0 Å². The summed E-state index contributed by atoms with van der Waals surface area (Å²) in [4.78, 5) is 0. The van der Waals surface area contributed by atoms with Crippen molar-refractivity contribution in [1.29, 1.82) is 0 Å². The lowest BCUT2D eigenvalue weighted by Gasteiger charge is -2.05. The Hall–Kier alpha value is -2.09. The molecule has 0 saturated carbocycles. The van der Waals surface area contributed by atoms with E-state index >= 15 is 0 Å². The molecule has 0 radical (unpaired) electrons. The molecule has 28 heavy (non-hydrogen) atoms. The molecule has 0 aliphatic rings. The predicted molar refractivity (Wildman–Crippen MR) is 120 cm³/mol. The van der Waals surface area contributed by atoms with Crippen LogP contribution in [0.2, 0.25) is 0 Å². The van der Waals surface area contributed by atoms with E-state index in [2.05, 4.69) is 77.7 Å². The smallest absolute Gasteiger partial charge is 0.226 e. The van der Waals surface area contributed by atoms with Crippen molar-refractivity contribution in [2.24, 2.45) is 7.05 Å². The maximum absolute atomic E-state index is 2.52. The molecule has 0 spiro atoms. The number of hydrogen-bond acceptors (Lipinski definition) is 0. The summed E-state index contributed by atoms with van der Waals surface area (Å²) >= 11 is 0. The second-order valence-corrected chi connectivity index (χ2v) is 8.07. The molecule has 0 aliphatic carbocycles. The van der Waals surface area contributed by atoms with Crippen molar-refractivity contribution in [3.63, 3.8) is 0 Å². The number of aryl methyl sites for hydroxylation is 2. The van der Waals surface area contributed by atoms with Gasteiger partial charge in [0.15, 0.2) is 11.0 Å². The average molecular weight is 378 g/mol. The van der Waals surface area contributed by atoms with Crippen LogP contribution in [0.5, 0.6) is 0 Å². The molecule has 0 atom stereocenters. The Kier molecular flexibility index (Phi) is 8.14. The fourth-order valence-corrected chi connectivity index (χ4v) is 4.31. The van der Waals surface area contributed by atoms with Crippen LogP contribution in [0.1, 0.15) is 71.1 Å². The minimum Gasteiger partial charge on any atom is -0.226 e. The summed E-state index contributed by atoms with van der Waals surface area (Å²) < 4.78 is 4.87. The van der Waals surface area contributed by atoms with Gasteiger partial charge < -0.3 is 0 Å². The van der Waals surface area contributed by atoms with E-state index in [4.69, 9.17) is 0 Å². The molecule has 3 aromatic rings. The van der Waals surface area contributed by atoms with E-state index in [0.717, 1.165) is 6.54 Å². The molecule has 1 heterocycles. The van der Waals surface area contributed by atoms with Gasteiger partial charge in [0.1, 0.15) is 0 Å². The highest BCUT2D eigenvalue weighted by atomic mass is 15.2. The lowest BCUT2D eigenvalue weighted by Crippen LogP contribution is -2.35. The van der Waals surface area contributed by atoms with E-state index in [0.29, 0.717) is 0 Å². The summed E-state index contributed by atoms with van der Waals surface area (Å²) in [5.41, 5.74) is 3.96. The first kappa shape index (κ1) is 20.6. The Labute approximate surface area is 171 Å². The predicted octanol–water partition coefficient (Wildman–Crippen LogP) is 7.05. The molecule has 2 nitrogen and oxygen atoms in total. The first-order chi connectivity index (χ1) is 13.8. The van der Waals surface area contributed by atoms with Crippen molar-refractivity contribution >= 4 is 11.0 Å². The Morgan fingerprint density at radius 2 is 1.25 bits per heavy atom. The van der Waals surface area contributed by atoms with E-state index in [1.807, 2.05) is 0 Å². The molecule has 0 bridgehead atoms. The SMILES string of the molecule is CCCCCCCCCCCC[n+]1c(-c2ccccc2)n(C)c2ccccc21. The van der Waals surface area contributed by atoms with E-state index in [1.165, 1.54) is 86.6 Å². The average Bonchev–Trinajstić information content (AvgIpc) is 3.02. The van der Waals surface area contributed by atoms with E-state index in [-0.39, 0.29) is 0 Å². The molecule has 0 unspecified atom stereocenters. The Bertz CT molecular complexity index is 832. The standard InChI is InChI=1S/C26H37N2/c1-3-4-5-6-7-8-9-10-11-17-22-28-25-21-16-15-20-24(25)27(2)26(28)23-18-13-12-14-19-23/h12-16,18-21H,3-11,17,22H2,1-2H3/q+1. The summed E-state index contributed by atoms with van der Waals surface area (Å²) in [6.45, 7) is 3.39. The summed E-state index contributed by atoms with van der Waals surface area (Å²) in [6, 6.07) is 19.6. The van der Waals surface area contributed by atoms with Gasteiger partial charge in [0.2, 0.25) is 0 Å². The molecule has 0 saturated heterocycles. The van der Waals surface area contributed by atoms with Crippen LogP contribution in [0.3, 0.4) is 0 Å². The molecule has 0 N–H and O–H groups in total. The van der Waals surface area contributed by atoms with E-state index in [9.17, 15) is 0 Å². The molecule has 1 aromatic heterocycles. The van der Waals surface area contributed by atoms with Crippen LogP contribution in [-0.2, 0) is 13.6 Å². The first-order valence-corrected chi connectivity index (χ1v) is 11.4. The second-order valence-electron chi connectivity index (χ2n) is 8.07. The van der Waals surface area contributed by atoms with E-state index < -0.39 is 0 Å². The van der Waals surface area contributed by atoms with Gasteiger partial charge in [-0.05, 0) is 37.1 Å². The largest absolute Gasteiger partial charge is 0.289 e. The maximum atomic E-state index is 2.52. The minimum atomic E-state index is 1.10. The molecule has 3 rings (SSSR count). The van der Waals surface area contributed by atoms with Crippen LogP contribution in [-0.4, -0.2) is 4.57 Å². The number of benzene rings is 2. The molecule has 0 fully saturated rings. The zero-order chi connectivity index (χ0) is 19.6. The zero-order valence-electron chi connectivity index (χ0n) is 17.9. The number of imidazole rings is 1. The number of nitrogens with zero attached hydrogens (tertiary/aromatic N) is 2. The third-order valence-electron chi connectivity index (χ3n) is 5.87. The highest BCUT2D eigenvalue weighted by Crippen LogP contribution is 2.22. The zero-order valence-corrected chi connectivity index (χ0v) is 17.9. The second kappa shape index (κ2) is 11.0. The molecular formula is C26H37N2+. The third kappa shape index (κ3) is 5.25. The van der Waals surface area contributed by atoms with Crippen LogP contribution in [0.25, 0.3) is 22.4 Å². The lowest BCUT2D eigenvalue weighted by atomic mass is 10.1. The van der Waals surface area contributed by atoms with E-state index in [1.54, 1.807) is 0 Å². The number of unbranched alkanes of at least 4 members (excludes halogenated alkanes) is 9. The topological polar surface area (TPSA) is 8.81 Å². The summed E-state index contributed by atoms with van der Waals surface area (Å²) in [5.74, 6) is 1.32. The van der Waals surface area contributed by atoms with Crippen LogP contribution in [0, 0.1) is 0 Å². The monoisotopic (exact) mass is 377 g/mol. The number of aromatic nitrogens is 2. The van der Waals surface area contributed by atoms with Gasteiger partial charge in [-0.3, -0.25) is 0 Å². The van der Waals surface area contributed by atoms with Crippen LogP contribution < -0.4 is 4.57 Å². The number of fused-ring (bicyclic) bond motifs is 1. The highest BCUT2D eigenvalue weighted by molar-refractivity contribution is 5.75. The van der Waals surface area contributed by atoms with Gasteiger partial charge in [0.05, 0.1) is 19.2 Å². The number of para-hydroxylation sites is 2. The molecule has 0 amide bonds. The summed E-state index contributed by atoms with van der Waals surface area (Å²) in [7, 11) is 2.19. The van der Waals surface area contributed by atoms with Crippen molar-refractivity contribution in [2.45, 2.75) is 77.7 Å². The highest BCUT2D eigenvalue weighted by Gasteiger charge is 2.23. The van der Waals surface area contributed by atoms with Gasteiger partial charge in [-0.25, -0.2) is 9.13 Å². The van der Waals surface area contributed by atoms with Crippen molar-refractivity contribution in [1.82, 2.24) is 4.57 Å². The molecule has 150 valence electrons. The van der Waals surface area contributed by atoms with Crippen molar-refractivity contribution in [3.8, 4) is 11.4 Å². The van der Waals surface area contributed by atoms with Crippen LogP contribution >= 0.6 is 0 Å². The minimum absolute atomic E-state index is 1.10. The van der Waals surface area contributed by atoms with Crippen molar-refractivity contribution in [2.75, 3.05) is 0 Å². The number of rotatable bonds is 12. The van der Waals surface area contributed by atoms with Crippen molar-refractivity contribution < 1.29 is 4.57 Å². The van der Waals surface area contributed by atoms with Crippen LogP contribution in [0.15, 0.2) is 54.6 Å². The third-order valence-corrected chi connectivity index (χ3v) is 5.87. The van der Waals surface area contributed by atoms with Crippen LogP contribution in [0.4, 0.5) is 0 Å². The Morgan fingerprint density at radius 3 is 1.93 bits per heavy atom. The van der Waals surface area contributed by atoms with Gasteiger partial charge >= 0.3 is 0 Å². The fourth-order valence-electron chi connectivity index (χ4n) is 4.31. The van der Waals surface area contributed by atoms with Gasteiger partial charge in [-0.1, -0.05) is 88.6 Å². The summed E-state index contributed by atoms with van der Waals surface area (Å²) in [6.07, 6.45) is 13.8. The normalized spacial score (nSPS) is 11.4. The molecule has 0 aliphatic heterocycles. The molecular weight excluding hydrogens is 340 g/mol. The fraction of sp³-hybridized carbons (Fsp3) is 0.500. The molecule has 2 heteroatoms. The molecule has 2 aromatic carbocycles. The quantitative estimate of drug-likeness (QED) is 0.236. The van der Waals surface area contributed by atoms with Crippen molar-refractivity contribution in [3.05, 3.63) is 54.6 Å². The Balaban J connectivity index is 1.57. The van der Waals surface area contributed by atoms with Gasteiger partial charge in [0.25, 0.3) is 5.82 Å². The number of hydrogen-bond donors (Lipinski definition) is 0. The first-order valence-electron chi connectivity index (χ1n) is 11.4. The van der Waals surface area contributed by atoms with Gasteiger partial charge in [-0.15, -0.1) is 0 Å².